The number of carbonyl (C=O) groups is 1. The van der Waals surface area contributed by atoms with Crippen LogP contribution in [-0.4, -0.2) is 37.6 Å². The van der Waals surface area contributed by atoms with Gasteiger partial charge in [-0.25, -0.2) is 0 Å². The first-order chi connectivity index (χ1) is 9.11. The van der Waals surface area contributed by atoms with Crippen LogP contribution in [0.3, 0.4) is 0 Å². The van der Waals surface area contributed by atoms with E-state index in [1.54, 1.807) is 12.0 Å². The molecule has 104 valence electrons. The van der Waals surface area contributed by atoms with Gasteiger partial charge < -0.3 is 15.0 Å². The average Bonchev–Trinajstić information content (AvgIpc) is 2.92. The van der Waals surface area contributed by atoms with E-state index >= 15 is 0 Å². The van der Waals surface area contributed by atoms with Crippen molar-refractivity contribution in [1.29, 1.82) is 0 Å². The third kappa shape index (κ3) is 3.26. The van der Waals surface area contributed by atoms with E-state index in [0.717, 1.165) is 30.7 Å². The normalized spacial score (nSPS) is 18.4. The predicted octanol–water partition coefficient (Wildman–Crippen LogP) is 1.71. The highest BCUT2D eigenvalue weighted by atomic mass is 16.5. The lowest BCUT2D eigenvalue weighted by Gasteiger charge is -2.22. The van der Waals surface area contributed by atoms with Crippen LogP contribution in [0.5, 0.6) is 5.75 Å². The Hall–Kier alpha value is -1.55. The van der Waals surface area contributed by atoms with Gasteiger partial charge in [0.2, 0.25) is 5.91 Å². The highest BCUT2D eigenvalue weighted by Gasteiger charge is 2.25. The summed E-state index contributed by atoms with van der Waals surface area (Å²) in [6.45, 7) is 3.57. The maximum atomic E-state index is 12.3. The summed E-state index contributed by atoms with van der Waals surface area (Å²) in [6, 6.07) is 6.03. The van der Waals surface area contributed by atoms with Crippen LogP contribution in [0.1, 0.15) is 24.0 Å². The molecule has 1 aliphatic rings. The van der Waals surface area contributed by atoms with Gasteiger partial charge in [0.05, 0.1) is 13.2 Å². The molecule has 0 saturated carbocycles. The summed E-state index contributed by atoms with van der Waals surface area (Å²) in [7, 11) is 3.51. The minimum Gasteiger partial charge on any atom is -0.496 e. The molecule has 1 heterocycles. The van der Waals surface area contributed by atoms with Gasteiger partial charge in [-0.1, -0.05) is 17.7 Å². The van der Waals surface area contributed by atoms with Gasteiger partial charge in [-0.05, 0) is 32.4 Å². The van der Waals surface area contributed by atoms with Gasteiger partial charge in [0.25, 0.3) is 0 Å². The molecule has 1 fully saturated rings. The van der Waals surface area contributed by atoms with Crippen molar-refractivity contribution >= 4 is 5.91 Å². The second-order valence-electron chi connectivity index (χ2n) is 5.16. The zero-order valence-electron chi connectivity index (χ0n) is 11.9. The summed E-state index contributed by atoms with van der Waals surface area (Å²) in [6.07, 6.45) is 2.02. The SMILES string of the molecule is COc1ccc(C)cc1CN(C)C(=O)[C@H]1CCCN1. The van der Waals surface area contributed by atoms with Gasteiger partial charge in [0.1, 0.15) is 5.75 Å². The van der Waals surface area contributed by atoms with Gasteiger partial charge in [-0.3, -0.25) is 4.79 Å². The van der Waals surface area contributed by atoms with Gasteiger partial charge in [0, 0.05) is 19.2 Å². The van der Waals surface area contributed by atoms with Crippen LogP contribution < -0.4 is 10.1 Å². The van der Waals surface area contributed by atoms with Crippen LogP contribution in [0.4, 0.5) is 0 Å². The van der Waals surface area contributed by atoms with Gasteiger partial charge >= 0.3 is 0 Å². The topological polar surface area (TPSA) is 41.6 Å². The lowest BCUT2D eigenvalue weighted by molar-refractivity contribution is -0.132. The van der Waals surface area contributed by atoms with Crippen LogP contribution in [0.25, 0.3) is 0 Å². The van der Waals surface area contributed by atoms with Crippen molar-refractivity contribution in [2.75, 3.05) is 20.7 Å². The number of likely N-dealkylation sites (N-methyl/N-ethyl adjacent to an activating group) is 1. The fourth-order valence-electron chi connectivity index (χ4n) is 2.53. The molecule has 1 aliphatic heterocycles. The molecule has 1 amide bonds. The predicted molar refractivity (Wildman–Crippen MR) is 75.2 cm³/mol. The fourth-order valence-corrected chi connectivity index (χ4v) is 2.53. The van der Waals surface area contributed by atoms with Crippen LogP contribution in [0.15, 0.2) is 18.2 Å². The van der Waals surface area contributed by atoms with Crippen LogP contribution >= 0.6 is 0 Å². The highest BCUT2D eigenvalue weighted by Crippen LogP contribution is 2.21. The number of carbonyl (C=O) groups excluding carboxylic acids is 1. The van der Waals surface area contributed by atoms with Crippen molar-refractivity contribution in [3.8, 4) is 5.75 Å². The minimum atomic E-state index is -0.0131. The zero-order chi connectivity index (χ0) is 13.8. The molecule has 0 aliphatic carbocycles. The van der Waals surface area contributed by atoms with Crippen molar-refractivity contribution in [2.24, 2.45) is 0 Å². The first-order valence-corrected chi connectivity index (χ1v) is 6.73. The number of aryl methyl sites for hydroxylation is 1. The number of ether oxygens (including phenoxy) is 1. The molecule has 4 nitrogen and oxygen atoms in total. The molecule has 2 rings (SSSR count). The molecule has 4 heteroatoms. The molecular weight excluding hydrogens is 240 g/mol. The molecule has 0 aromatic heterocycles. The maximum Gasteiger partial charge on any atom is 0.239 e. The number of amides is 1. The molecule has 0 unspecified atom stereocenters. The molecule has 19 heavy (non-hydrogen) atoms. The second kappa shape index (κ2) is 6.06. The standard InChI is InChI=1S/C15H22N2O2/c1-11-6-7-14(19-3)12(9-11)10-17(2)15(18)13-5-4-8-16-13/h6-7,9,13,16H,4-5,8,10H2,1-3H3/t13-/m1/s1. The van der Waals surface area contributed by atoms with E-state index < -0.39 is 0 Å². The Bertz CT molecular complexity index is 453. The Morgan fingerprint density at radius 1 is 1.53 bits per heavy atom. The van der Waals surface area contributed by atoms with E-state index in [2.05, 4.69) is 11.4 Å². The number of hydrogen-bond acceptors (Lipinski definition) is 3. The first-order valence-electron chi connectivity index (χ1n) is 6.73. The number of hydrogen-bond donors (Lipinski definition) is 1. The third-order valence-electron chi connectivity index (χ3n) is 3.58. The largest absolute Gasteiger partial charge is 0.496 e. The monoisotopic (exact) mass is 262 g/mol. The average molecular weight is 262 g/mol. The van der Waals surface area contributed by atoms with E-state index in [-0.39, 0.29) is 11.9 Å². The minimum absolute atomic E-state index is 0.0131. The summed E-state index contributed by atoms with van der Waals surface area (Å²) >= 11 is 0. The Balaban J connectivity index is 2.07. The number of rotatable bonds is 4. The molecule has 1 saturated heterocycles. The quantitative estimate of drug-likeness (QED) is 0.898. The Morgan fingerprint density at radius 3 is 2.95 bits per heavy atom. The van der Waals surface area contributed by atoms with Crippen molar-refractivity contribution in [2.45, 2.75) is 32.4 Å². The summed E-state index contributed by atoms with van der Waals surface area (Å²) in [5.74, 6) is 1.01. The number of methoxy groups -OCH3 is 1. The number of nitrogens with one attached hydrogen (secondary N) is 1. The van der Waals surface area contributed by atoms with Gasteiger partial charge in [-0.15, -0.1) is 0 Å². The number of benzene rings is 1. The lowest BCUT2D eigenvalue weighted by Crippen LogP contribution is -2.41. The molecule has 0 spiro atoms. The Labute approximate surface area is 114 Å². The molecule has 1 aromatic rings. The molecule has 1 N–H and O–H groups in total. The van der Waals surface area contributed by atoms with Crippen molar-refractivity contribution in [3.63, 3.8) is 0 Å². The van der Waals surface area contributed by atoms with Crippen LogP contribution in [0, 0.1) is 6.92 Å². The Morgan fingerprint density at radius 2 is 2.32 bits per heavy atom. The van der Waals surface area contributed by atoms with Crippen LogP contribution in [-0.2, 0) is 11.3 Å². The van der Waals surface area contributed by atoms with Crippen molar-refractivity contribution < 1.29 is 9.53 Å². The summed E-state index contributed by atoms with van der Waals surface area (Å²) in [5.41, 5.74) is 2.23. The molecule has 1 aromatic carbocycles. The summed E-state index contributed by atoms with van der Waals surface area (Å²) < 4.78 is 5.35. The third-order valence-corrected chi connectivity index (χ3v) is 3.58. The zero-order valence-corrected chi connectivity index (χ0v) is 11.9. The van der Waals surface area contributed by atoms with E-state index in [1.807, 2.05) is 26.1 Å². The van der Waals surface area contributed by atoms with E-state index in [9.17, 15) is 4.79 Å². The smallest absolute Gasteiger partial charge is 0.239 e. The maximum absolute atomic E-state index is 12.3. The molecular formula is C15H22N2O2. The second-order valence-corrected chi connectivity index (χ2v) is 5.16. The molecule has 0 radical (unpaired) electrons. The van der Waals surface area contributed by atoms with E-state index in [4.69, 9.17) is 4.74 Å². The van der Waals surface area contributed by atoms with Crippen molar-refractivity contribution in [1.82, 2.24) is 10.2 Å². The first kappa shape index (κ1) is 13.9. The van der Waals surface area contributed by atoms with Crippen molar-refractivity contribution in [3.05, 3.63) is 29.3 Å². The Kier molecular flexibility index (Phi) is 4.43. The van der Waals surface area contributed by atoms with Crippen LogP contribution in [0.2, 0.25) is 0 Å². The van der Waals surface area contributed by atoms with Gasteiger partial charge in [-0.2, -0.15) is 0 Å². The highest BCUT2D eigenvalue weighted by molar-refractivity contribution is 5.82. The van der Waals surface area contributed by atoms with E-state index in [0.29, 0.717) is 6.54 Å². The van der Waals surface area contributed by atoms with E-state index in [1.165, 1.54) is 5.56 Å². The summed E-state index contributed by atoms with van der Waals surface area (Å²) in [4.78, 5) is 14.0. The lowest BCUT2D eigenvalue weighted by atomic mass is 10.1. The molecule has 1 atom stereocenters. The van der Waals surface area contributed by atoms with Gasteiger partial charge in [0.15, 0.2) is 0 Å². The molecule has 0 bridgehead atoms. The summed E-state index contributed by atoms with van der Waals surface area (Å²) in [5, 5.41) is 3.24. The fraction of sp³-hybridized carbons (Fsp3) is 0.533. The number of nitrogens with zero attached hydrogens (tertiary/aromatic N) is 1.